The van der Waals surface area contributed by atoms with E-state index in [0.29, 0.717) is 11.3 Å². The van der Waals surface area contributed by atoms with E-state index in [1.807, 2.05) is 0 Å². The molecule has 8 nitrogen and oxygen atoms in total. The van der Waals surface area contributed by atoms with Crippen molar-refractivity contribution in [2.24, 2.45) is 0 Å². The van der Waals surface area contributed by atoms with E-state index in [2.05, 4.69) is 10.6 Å². The molecule has 0 spiro atoms. The van der Waals surface area contributed by atoms with Crippen LogP contribution in [0.2, 0.25) is 0 Å². The van der Waals surface area contributed by atoms with Crippen molar-refractivity contribution in [3.05, 3.63) is 54.1 Å². The van der Waals surface area contributed by atoms with Crippen molar-refractivity contribution in [2.45, 2.75) is 19.4 Å². The Balaban J connectivity index is 2.13. The fourth-order valence-corrected chi connectivity index (χ4v) is 2.44. The number of hydrogen-bond donors (Lipinski definition) is 4. The van der Waals surface area contributed by atoms with Gasteiger partial charge in [-0.15, -0.1) is 0 Å². The van der Waals surface area contributed by atoms with Crippen molar-refractivity contribution in [3.63, 3.8) is 0 Å². The van der Waals surface area contributed by atoms with Gasteiger partial charge in [-0.05, 0) is 35.4 Å². The van der Waals surface area contributed by atoms with Gasteiger partial charge in [-0.3, -0.25) is 14.4 Å². The van der Waals surface area contributed by atoms with E-state index in [-0.39, 0.29) is 5.56 Å². The molecule has 0 aromatic heterocycles. The molecule has 0 unspecified atom stereocenters. The molecule has 140 valence electrons. The average molecular weight is 370 g/mol. The molecule has 0 saturated carbocycles. The van der Waals surface area contributed by atoms with Gasteiger partial charge in [0.15, 0.2) is 0 Å². The summed E-state index contributed by atoms with van der Waals surface area (Å²) in [5.74, 6) is -3.39. The number of carbonyl (C=O) groups is 4. The zero-order valence-corrected chi connectivity index (χ0v) is 14.4. The van der Waals surface area contributed by atoms with Crippen LogP contribution in [-0.2, 0) is 14.4 Å². The Morgan fingerprint density at radius 2 is 1.63 bits per heavy atom. The predicted molar refractivity (Wildman–Crippen MR) is 97.3 cm³/mol. The second-order valence-electron chi connectivity index (χ2n) is 5.80. The highest BCUT2D eigenvalue weighted by Gasteiger charge is 2.22. The Hall–Kier alpha value is -3.68. The molecule has 2 aromatic carbocycles. The molecule has 0 fully saturated rings. The van der Waals surface area contributed by atoms with E-state index in [4.69, 9.17) is 10.2 Å². The predicted octanol–water partition coefficient (Wildman–Crippen LogP) is 1.97. The largest absolute Gasteiger partial charge is 0.481 e. The molecule has 8 heteroatoms. The molecule has 27 heavy (non-hydrogen) atoms. The van der Waals surface area contributed by atoms with Gasteiger partial charge in [0, 0.05) is 12.6 Å². The van der Waals surface area contributed by atoms with Gasteiger partial charge in [0.1, 0.15) is 6.04 Å². The lowest BCUT2D eigenvalue weighted by Crippen LogP contribution is -2.44. The molecule has 0 heterocycles. The lowest BCUT2D eigenvalue weighted by atomic mass is 10.0. The maximum absolute atomic E-state index is 12.2. The molecule has 2 amide bonds. The molecule has 2 rings (SSSR count). The Morgan fingerprint density at radius 1 is 0.963 bits per heavy atom. The molecule has 0 aliphatic rings. The van der Waals surface area contributed by atoms with Gasteiger partial charge >= 0.3 is 11.9 Å². The number of carboxylic acid groups (broad SMARTS) is 2. The van der Waals surface area contributed by atoms with Gasteiger partial charge in [-0.2, -0.15) is 0 Å². The zero-order chi connectivity index (χ0) is 20.0. The first-order valence-corrected chi connectivity index (χ1v) is 8.00. The molecular formula is C19H18N2O6. The van der Waals surface area contributed by atoms with Crippen LogP contribution in [0.25, 0.3) is 11.1 Å². The molecule has 1 atom stereocenters. The number of amides is 2. The maximum atomic E-state index is 12.2. The smallest absolute Gasteiger partial charge is 0.335 e. The van der Waals surface area contributed by atoms with Crippen LogP contribution in [-0.4, -0.2) is 40.0 Å². The van der Waals surface area contributed by atoms with Crippen molar-refractivity contribution in [1.29, 1.82) is 0 Å². The molecule has 0 bridgehead atoms. The minimum absolute atomic E-state index is 0.164. The minimum atomic E-state index is -1.21. The summed E-state index contributed by atoms with van der Waals surface area (Å²) in [5.41, 5.74) is 2.03. The van der Waals surface area contributed by atoms with E-state index in [0.717, 1.165) is 5.56 Å². The monoisotopic (exact) mass is 370 g/mol. The van der Waals surface area contributed by atoms with Crippen molar-refractivity contribution in [2.75, 3.05) is 5.32 Å². The highest BCUT2D eigenvalue weighted by molar-refractivity contribution is 5.99. The highest BCUT2D eigenvalue weighted by Crippen LogP contribution is 2.22. The Bertz CT molecular complexity index is 860. The Labute approximate surface area is 154 Å². The molecule has 0 aliphatic heterocycles. The van der Waals surface area contributed by atoms with Crippen LogP contribution >= 0.6 is 0 Å². The van der Waals surface area contributed by atoms with Crippen LogP contribution in [0.15, 0.2) is 48.5 Å². The molecule has 2 aromatic rings. The summed E-state index contributed by atoms with van der Waals surface area (Å²) >= 11 is 0. The third-order valence-corrected chi connectivity index (χ3v) is 3.67. The van der Waals surface area contributed by atoms with Crippen molar-refractivity contribution < 1.29 is 29.4 Å². The number of anilines is 1. The molecule has 0 aliphatic carbocycles. The lowest BCUT2D eigenvalue weighted by molar-refractivity contribution is -0.139. The summed E-state index contributed by atoms with van der Waals surface area (Å²) in [7, 11) is 0. The summed E-state index contributed by atoms with van der Waals surface area (Å²) in [6.45, 7) is 1.20. The van der Waals surface area contributed by atoms with Crippen LogP contribution in [0.3, 0.4) is 0 Å². The summed E-state index contributed by atoms with van der Waals surface area (Å²) in [6, 6.07) is 11.8. The van der Waals surface area contributed by atoms with Gasteiger partial charge < -0.3 is 20.8 Å². The van der Waals surface area contributed by atoms with Gasteiger partial charge in [-0.25, -0.2) is 4.79 Å². The van der Waals surface area contributed by atoms with Gasteiger partial charge in [0.2, 0.25) is 11.8 Å². The molecular weight excluding hydrogens is 352 g/mol. The number of aromatic carboxylic acids is 1. The lowest BCUT2D eigenvalue weighted by Gasteiger charge is -2.16. The first-order valence-electron chi connectivity index (χ1n) is 8.00. The van der Waals surface area contributed by atoms with E-state index >= 15 is 0 Å². The molecule has 4 N–H and O–H groups in total. The van der Waals surface area contributed by atoms with Crippen molar-refractivity contribution >= 4 is 29.4 Å². The first-order chi connectivity index (χ1) is 12.8. The van der Waals surface area contributed by atoms with E-state index in [1.54, 1.807) is 36.4 Å². The van der Waals surface area contributed by atoms with Crippen molar-refractivity contribution in [3.8, 4) is 11.1 Å². The number of rotatable bonds is 7. The zero-order valence-electron chi connectivity index (χ0n) is 14.4. The summed E-state index contributed by atoms with van der Waals surface area (Å²) < 4.78 is 0. The van der Waals surface area contributed by atoms with E-state index < -0.39 is 36.2 Å². The van der Waals surface area contributed by atoms with Gasteiger partial charge in [0.25, 0.3) is 0 Å². The van der Waals surface area contributed by atoms with Crippen LogP contribution in [0.4, 0.5) is 5.69 Å². The second-order valence-corrected chi connectivity index (χ2v) is 5.80. The maximum Gasteiger partial charge on any atom is 0.335 e. The fourth-order valence-electron chi connectivity index (χ4n) is 2.44. The second kappa shape index (κ2) is 8.61. The van der Waals surface area contributed by atoms with Crippen LogP contribution in [0.1, 0.15) is 23.7 Å². The van der Waals surface area contributed by atoms with Crippen LogP contribution in [0.5, 0.6) is 0 Å². The number of carboxylic acids is 2. The van der Waals surface area contributed by atoms with Crippen LogP contribution < -0.4 is 10.6 Å². The van der Waals surface area contributed by atoms with Gasteiger partial charge in [0.05, 0.1) is 12.0 Å². The number of aliphatic carboxylic acids is 1. The SMILES string of the molecule is CC(=O)N[C@@H](CC(=O)O)C(=O)Nc1ccc(-c2cccc(C(=O)O)c2)cc1. The summed E-state index contributed by atoms with van der Waals surface area (Å²) in [5, 5.41) is 22.8. The Kier molecular flexibility index (Phi) is 6.27. The minimum Gasteiger partial charge on any atom is -0.481 e. The van der Waals surface area contributed by atoms with Crippen LogP contribution in [0, 0.1) is 0 Å². The fraction of sp³-hybridized carbons (Fsp3) is 0.158. The van der Waals surface area contributed by atoms with E-state index in [9.17, 15) is 19.2 Å². The third-order valence-electron chi connectivity index (χ3n) is 3.67. The average Bonchev–Trinajstić information content (AvgIpc) is 2.61. The quantitative estimate of drug-likeness (QED) is 0.589. The normalized spacial score (nSPS) is 11.3. The van der Waals surface area contributed by atoms with Crippen molar-refractivity contribution in [1.82, 2.24) is 5.32 Å². The Morgan fingerprint density at radius 3 is 2.19 bits per heavy atom. The van der Waals surface area contributed by atoms with E-state index in [1.165, 1.54) is 19.1 Å². The third kappa shape index (κ3) is 5.67. The first kappa shape index (κ1) is 19.6. The van der Waals surface area contributed by atoms with Gasteiger partial charge in [-0.1, -0.05) is 24.3 Å². The summed E-state index contributed by atoms with van der Waals surface area (Å²) in [6.07, 6.45) is -0.536. The number of carbonyl (C=O) groups excluding carboxylic acids is 2. The number of nitrogens with one attached hydrogen (secondary N) is 2. The topological polar surface area (TPSA) is 133 Å². The molecule has 0 radical (unpaired) electrons. The standard InChI is InChI=1S/C19H18N2O6/c1-11(22)20-16(10-17(23)24)18(25)21-15-7-5-12(6-8-15)13-3-2-4-14(9-13)19(26)27/h2-9,16H,10H2,1H3,(H,20,22)(H,21,25)(H,23,24)(H,26,27)/t16-/m0/s1. The number of hydrogen-bond acceptors (Lipinski definition) is 4. The summed E-state index contributed by atoms with van der Waals surface area (Å²) in [4.78, 5) is 45.3. The molecule has 0 saturated heterocycles. The highest BCUT2D eigenvalue weighted by atomic mass is 16.4. The number of benzene rings is 2.